The van der Waals surface area contributed by atoms with E-state index in [-0.39, 0.29) is 5.82 Å². The van der Waals surface area contributed by atoms with Crippen molar-refractivity contribution >= 4 is 11.7 Å². The van der Waals surface area contributed by atoms with Crippen molar-refractivity contribution < 1.29 is 14.3 Å². The van der Waals surface area contributed by atoms with Gasteiger partial charge in [0.15, 0.2) is 0 Å². The molecule has 0 radical (unpaired) electrons. The van der Waals surface area contributed by atoms with Crippen LogP contribution in [0, 0.1) is 5.82 Å². The summed E-state index contributed by atoms with van der Waals surface area (Å²) in [6.07, 6.45) is 0.514. The van der Waals surface area contributed by atoms with E-state index >= 15 is 0 Å². The fourth-order valence-corrected chi connectivity index (χ4v) is 1.74. The van der Waals surface area contributed by atoms with E-state index in [2.05, 4.69) is 0 Å². The Balaban J connectivity index is 2.96. The minimum absolute atomic E-state index is 0.317. The van der Waals surface area contributed by atoms with Crippen LogP contribution in [-0.2, 0) is 4.79 Å². The van der Waals surface area contributed by atoms with Crippen LogP contribution in [0.4, 0.5) is 10.1 Å². The first-order valence-electron chi connectivity index (χ1n) is 5.35. The highest BCUT2D eigenvalue weighted by Crippen LogP contribution is 2.19. The van der Waals surface area contributed by atoms with Crippen LogP contribution < -0.4 is 4.90 Å². The van der Waals surface area contributed by atoms with Gasteiger partial charge in [0.25, 0.3) is 0 Å². The molecular weight excluding hydrogens is 209 g/mol. The van der Waals surface area contributed by atoms with Gasteiger partial charge in [-0.2, -0.15) is 0 Å². The molecule has 0 aliphatic rings. The highest BCUT2D eigenvalue weighted by Gasteiger charge is 2.22. The normalized spacial score (nSPS) is 12.2. The van der Waals surface area contributed by atoms with Gasteiger partial charge >= 0.3 is 5.97 Å². The molecule has 1 unspecified atom stereocenters. The molecule has 3 nitrogen and oxygen atoms in total. The maximum Gasteiger partial charge on any atom is 0.326 e. The van der Waals surface area contributed by atoms with E-state index < -0.39 is 12.0 Å². The number of hydrogen-bond acceptors (Lipinski definition) is 2. The van der Waals surface area contributed by atoms with Gasteiger partial charge in [-0.05, 0) is 37.6 Å². The Bertz CT molecular complexity index is 351. The quantitative estimate of drug-likeness (QED) is 0.837. The zero-order valence-electron chi connectivity index (χ0n) is 9.48. The molecule has 16 heavy (non-hydrogen) atoms. The predicted octanol–water partition coefficient (Wildman–Crippen LogP) is 2.52. The Morgan fingerprint density at radius 2 is 1.94 bits per heavy atom. The van der Waals surface area contributed by atoms with E-state index in [0.29, 0.717) is 13.0 Å². The lowest BCUT2D eigenvalue weighted by atomic mass is 10.1. The maximum absolute atomic E-state index is 12.8. The average Bonchev–Trinajstić information content (AvgIpc) is 2.26. The van der Waals surface area contributed by atoms with Crippen LogP contribution in [0.2, 0.25) is 0 Å². The molecule has 0 bridgehead atoms. The number of hydrogen-bond donors (Lipinski definition) is 1. The average molecular weight is 225 g/mol. The van der Waals surface area contributed by atoms with Crippen LogP contribution in [0.25, 0.3) is 0 Å². The zero-order chi connectivity index (χ0) is 12.1. The Hall–Kier alpha value is -1.58. The fraction of sp³-hybridized carbons (Fsp3) is 0.417. The molecular formula is C12H16FNO2. The van der Waals surface area contributed by atoms with Gasteiger partial charge in [0.1, 0.15) is 11.9 Å². The fourth-order valence-electron chi connectivity index (χ4n) is 1.74. The molecule has 0 aromatic heterocycles. The lowest BCUT2D eigenvalue weighted by Gasteiger charge is -2.29. The lowest BCUT2D eigenvalue weighted by molar-refractivity contribution is -0.138. The molecule has 1 atom stereocenters. The molecule has 0 amide bonds. The van der Waals surface area contributed by atoms with Gasteiger partial charge in [-0.25, -0.2) is 9.18 Å². The third kappa shape index (κ3) is 2.72. The van der Waals surface area contributed by atoms with Crippen molar-refractivity contribution in [2.75, 3.05) is 11.4 Å². The van der Waals surface area contributed by atoms with Crippen molar-refractivity contribution in [3.8, 4) is 0 Å². The smallest absolute Gasteiger partial charge is 0.326 e. The highest BCUT2D eigenvalue weighted by atomic mass is 19.1. The lowest BCUT2D eigenvalue weighted by Crippen LogP contribution is -2.40. The number of rotatable bonds is 5. The molecule has 0 spiro atoms. The third-order valence-electron chi connectivity index (χ3n) is 2.55. The van der Waals surface area contributed by atoms with E-state index in [1.807, 2.05) is 13.8 Å². The number of likely N-dealkylation sites (N-methyl/N-ethyl adjacent to an activating group) is 1. The van der Waals surface area contributed by atoms with Gasteiger partial charge in [-0.1, -0.05) is 6.92 Å². The van der Waals surface area contributed by atoms with Crippen molar-refractivity contribution in [1.82, 2.24) is 0 Å². The molecule has 1 aromatic rings. The summed E-state index contributed by atoms with van der Waals surface area (Å²) < 4.78 is 12.8. The number of carboxylic acid groups (broad SMARTS) is 1. The van der Waals surface area contributed by atoms with Crippen LogP contribution in [0.3, 0.4) is 0 Å². The molecule has 1 aromatic carbocycles. The first-order valence-corrected chi connectivity index (χ1v) is 5.35. The van der Waals surface area contributed by atoms with Crippen molar-refractivity contribution in [3.63, 3.8) is 0 Å². The van der Waals surface area contributed by atoms with E-state index in [9.17, 15) is 9.18 Å². The number of halogens is 1. The van der Waals surface area contributed by atoms with Crippen LogP contribution in [0.5, 0.6) is 0 Å². The summed E-state index contributed by atoms with van der Waals surface area (Å²) in [5.74, 6) is -1.17. The highest BCUT2D eigenvalue weighted by molar-refractivity contribution is 5.78. The standard InChI is InChI=1S/C12H16FNO2/c1-3-11(12(15)16)14(4-2)10-7-5-9(13)6-8-10/h5-8,11H,3-4H2,1-2H3,(H,15,16). The monoisotopic (exact) mass is 225 g/mol. The van der Waals surface area contributed by atoms with Crippen molar-refractivity contribution in [3.05, 3.63) is 30.1 Å². The van der Waals surface area contributed by atoms with Crippen molar-refractivity contribution in [2.45, 2.75) is 26.3 Å². The summed E-state index contributed by atoms with van der Waals surface area (Å²) in [5.41, 5.74) is 0.734. The van der Waals surface area contributed by atoms with Gasteiger partial charge < -0.3 is 10.0 Å². The van der Waals surface area contributed by atoms with Crippen LogP contribution in [0.15, 0.2) is 24.3 Å². The second kappa shape index (κ2) is 5.49. The summed E-state index contributed by atoms with van der Waals surface area (Å²) >= 11 is 0. The number of benzene rings is 1. The topological polar surface area (TPSA) is 40.5 Å². The summed E-state index contributed by atoms with van der Waals surface area (Å²) in [6, 6.07) is 5.32. The third-order valence-corrected chi connectivity index (χ3v) is 2.55. The number of anilines is 1. The van der Waals surface area contributed by atoms with E-state index in [0.717, 1.165) is 5.69 Å². The van der Waals surface area contributed by atoms with Gasteiger partial charge in [0, 0.05) is 12.2 Å². The molecule has 1 N–H and O–H groups in total. The Morgan fingerprint density at radius 1 is 1.38 bits per heavy atom. The number of carboxylic acids is 1. The molecule has 0 aliphatic carbocycles. The SMILES string of the molecule is CCC(C(=O)O)N(CC)c1ccc(F)cc1. The van der Waals surface area contributed by atoms with E-state index in [1.54, 1.807) is 17.0 Å². The summed E-state index contributed by atoms with van der Waals surface area (Å²) in [5, 5.41) is 9.07. The van der Waals surface area contributed by atoms with Gasteiger partial charge in [0.2, 0.25) is 0 Å². The van der Waals surface area contributed by atoms with Gasteiger partial charge in [0.05, 0.1) is 0 Å². The second-order valence-corrected chi connectivity index (χ2v) is 3.52. The van der Waals surface area contributed by atoms with Gasteiger partial charge in [-0.3, -0.25) is 0 Å². The Labute approximate surface area is 94.5 Å². The maximum atomic E-state index is 12.8. The molecule has 0 heterocycles. The molecule has 4 heteroatoms. The molecule has 88 valence electrons. The molecule has 0 saturated carbocycles. The predicted molar refractivity (Wildman–Crippen MR) is 61.1 cm³/mol. The Kier molecular flexibility index (Phi) is 4.28. The number of nitrogens with zero attached hydrogens (tertiary/aromatic N) is 1. The first kappa shape index (κ1) is 12.5. The molecule has 0 aliphatic heterocycles. The van der Waals surface area contributed by atoms with Crippen LogP contribution in [0.1, 0.15) is 20.3 Å². The second-order valence-electron chi connectivity index (χ2n) is 3.52. The van der Waals surface area contributed by atoms with E-state index in [1.165, 1.54) is 12.1 Å². The largest absolute Gasteiger partial charge is 0.480 e. The van der Waals surface area contributed by atoms with Crippen LogP contribution in [-0.4, -0.2) is 23.7 Å². The zero-order valence-corrected chi connectivity index (χ0v) is 9.48. The van der Waals surface area contributed by atoms with E-state index in [4.69, 9.17) is 5.11 Å². The van der Waals surface area contributed by atoms with Crippen molar-refractivity contribution in [1.29, 1.82) is 0 Å². The van der Waals surface area contributed by atoms with Crippen LogP contribution >= 0.6 is 0 Å². The minimum Gasteiger partial charge on any atom is -0.480 e. The number of carbonyl (C=O) groups is 1. The first-order chi connectivity index (χ1) is 7.60. The summed E-state index contributed by atoms with van der Waals surface area (Å²) in [4.78, 5) is 12.8. The number of aliphatic carboxylic acids is 1. The summed E-state index contributed by atoms with van der Waals surface area (Å²) in [6.45, 7) is 4.29. The van der Waals surface area contributed by atoms with Crippen molar-refractivity contribution in [2.24, 2.45) is 0 Å². The van der Waals surface area contributed by atoms with Gasteiger partial charge in [-0.15, -0.1) is 0 Å². The molecule has 0 fully saturated rings. The summed E-state index contributed by atoms with van der Waals surface area (Å²) in [7, 11) is 0. The Morgan fingerprint density at radius 3 is 2.31 bits per heavy atom. The molecule has 0 saturated heterocycles. The minimum atomic E-state index is -0.853. The molecule has 1 rings (SSSR count).